The molecule has 364 valence electrons. The van der Waals surface area contributed by atoms with E-state index in [0.29, 0.717) is 25.8 Å². The molecule has 2 N–H and O–H groups in total. The van der Waals surface area contributed by atoms with Crippen LogP contribution < -0.4 is 10.7 Å². The summed E-state index contributed by atoms with van der Waals surface area (Å²) in [4.78, 5) is 62.5. The number of rotatable bonds is 16. The summed E-state index contributed by atoms with van der Waals surface area (Å²) in [6.07, 6.45) is 6.55. The Balaban J connectivity index is 1.27. The maximum atomic E-state index is 14.2. The molecule has 15 heteroatoms. The molecule has 2 aromatic carbocycles. The van der Waals surface area contributed by atoms with Crippen molar-refractivity contribution in [1.29, 1.82) is 0 Å². The number of aromatic nitrogens is 1. The van der Waals surface area contributed by atoms with Gasteiger partial charge in [0.05, 0.1) is 31.2 Å². The lowest BCUT2D eigenvalue weighted by Crippen LogP contribution is -2.60. The molecule has 4 atom stereocenters. The van der Waals surface area contributed by atoms with Crippen LogP contribution in [0.15, 0.2) is 53.2 Å². The maximum Gasteiger partial charge on any atom is 0.408 e. The van der Waals surface area contributed by atoms with Crippen LogP contribution in [0.4, 0.5) is 4.79 Å². The number of hydrogen-bond donors (Lipinski definition) is 2. The number of carbonyl (C=O) groups excluding carboxylic acids is 4. The van der Waals surface area contributed by atoms with Crippen LogP contribution in [-0.4, -0.2) is 139 Å². The first-order chi connectivity index (χ1) is 31.9. The molecule has 1 aromatic heterocycles. The Hall–Kier alpha value is -5.09. The minimum absolute atomic E-state index is 0.146. The van der Waals surface area contributed by atoms with Crippen molar-refractivity contribution < 1.29 is 38.1 Å². The predicted octanol–water partition coefficient (Wildman–Crippen LogP) is 6.93. The maximum absolute atomic E-state index is 14.2. The van der Waals surface area contributed by atoms with Gasteiger partial charge in [0.1, 0.15) is 17.7 Å². The number of hydrogen-bond acceptors (Lipinski definition) is 12. The number of fused-ring (bicyclic) bond motifs is 1. The first-order valence-corrected chi connectivity index (χ1v) is 24.2. The van der Waals surface area contributed by atoms with Gasteiger partial charge in [0.15, 0.2) is 0 Å². The number of alkyl carbamates (subject to hydrolysis) is 1. The number of ether oxygens (including phenoxy) is 4. The molecule has 0 spiro atoms. The van der Waals surface area contributed by atoms with Gasteiger partial charge in [-0.3, -0.25) is 34.2 Å². The molecular formula is C52H73N7O8. The van der Waals surface area contributed by atoms with Gasteiger partial charge in [-0.2, -0.15) is 0 Å². The second kappa shape index (κ2) is 21.1. The Morgan fingerprint density at radius 3 is 2.30 bits per heavy atom. The number of benzene rings is 2. The fourth-order valence-electron chi connectivity index (χ4n) is 9.88. The minimum Gasteiger partial charge on any atom is -0.468 e. The van der Waals surface area contributed by atoms with E-state index >= 15 is 0 Å². The van der Waals surface area contributed by atoms with E-state index < -0.39 is 35.2 Å². The van der Waals surface area contributed by atoms with Gasteiger partial charge in [0.2, 0.25) is 0 Å². The lowest BCUT2D eigenvalue weighted by Gasteiger charge is -2.40. The van der Waals surface area contributed by atoms with Gasteiger partial charge < -0.3 is 28.8 Å². The lowest BCUT2D eigenvalue weighted by atomic mass is 9.83. The summed E-state index contributed by atoms with van der Waals surface area (Å²) in [6.45, 7) is 20.9. The van der Waals surface area contributed by atoms with Crippen molar-refractivity contribution in [2.75, 3.05) is 53.6 Å². The van der Waals surface area contributed by atoms with E-state index in [4.69, 9.17) is 23.9 Å². The third-order valence-corrected chi connectivity index (χ3v) is 13.4. The molecule has 4 heterocycles. The van der Waals surface area contributed by atoms with Crippen LogP contribution in [0.3, 0.4) is 0 Å². The number of nitrogens with zero attached hydrogens (tertiary/aromatic N) is 5. The Morgan fingerprint density at radius 2 is 1.64 bits per heavy atom. The molecule has 3 fully saturated rings. The number of nitrogens with one attached hydrogen (secondary N) is 2. The number of amides is 2. The SMILES string of the molecule is CCn1c(C2=C([C@H](C)OC)N=CC(N3CCN(C4CC4)CC3)C2)c(CC(C)(C)COC(C)=O)c2cc(-c3cccc(C[C@H](NC(=O)OC(C)(C)C)C(=O)N4CCC[C@@H](C(=O)OC)N4)c3)ccc21. The summed E-state index contributed by atoms with van der Waals surface area (Å²) < 4.78 is 24.7. The predicted molar refractivity (Wildman–Crippen MR) is 260 cm³/mol. The Bertz CT molecular complexity index is 2350. The Morgan fingerprint density at radius 1 is 0.925 bits per heavy atom. The monoisotopic (exact) mass is 924 g/mol. The quantitative estimate of drug-likeness (QED) is 0.114. The summed E-state index contributed by atoms with van der Waals surface area (Å²) in [7, 11) is 3.06. The molecule has 15 nitrogen and oxygen atoms in total. The van der Waals surface area contributed by atoms with Crippen molar-refractivity contribution in [2.24, 2.45) is 10.4 Å². The number of piperazine rings is 1. The normalized spacial score (nSPS) is 20.7. The fourth-order valence-corrected chi connectivity index (χ4v) is 9.88. The van der Waals surface area contributed by atoms with Crippen molar-refractivity contribution in [1.82, 2.24) is 30.1 Å². The van der Waals surface area contributed by atoms with Crippen LogP contribution in [0.1, 0.15) is 104 Å². The highest BCUT2D eigenvalue weighted by atomic mass is 16.6. The Kier molecular flexibility index (Phi) is 15.6. The molecule has 2 saturated heterocycles. The molecular weight excluding hydrogens is 851 g/mol. The lowest BCUT2D eigenvalue weighted by molar-refractivity contribution is -0.150. The van der Waals surface area contributed by atoms with Gasteiger partial charge in [0.25, 0.3) is 5.91 Å². The van der Waals surface area contributed by atoms with Crippen molar-refractivity contribution in [3.05, 3.63) is 65.0 Å². The number of methoxy groups -OCH3 is 2. The summed E-state index contributed by atoms with van der Waals surface area (Å²) >= 11 is 0. The largest absolute Gasteiger partial charge is 0.468 e. The first kappa shape index (κ1) is 49.8. The molecule has 1 unspecified atom stereocenters. The van der Waals surface area contributed by atoms with Crippen molar-refractivity contribution in [2.45, 2.75) is 143 Å². The second-order valence-corrected chi connectivity index (χ2v) is 20.5. The van der Waals surface area contributed by atoms with E-state index in [-0.39, 0.29) is 37.0 Å². The van der Waals surface area contributed by atoms with Gasteiger partial charge in [-0.15, -0.1) is 0 Å². The molecule has 1 aliphatic carbocycles. The van der Waals surface area contributed by atoms with Crippen molar-refractivity contribution in [3.8, 4) is 11.1 Å². The average molecular weight is 924 g/mol. The zero-order valence-corrected chi connectivity index (χ0v) is 41.4. The molecule has 3 aromatic rings. The standard InChI is InChI=1S/C52H73N7O8/c1-11-58-45-20-17-37(36-15-12-14-35(26-36)27-44(54-50(63)67-51(4,5)6)48(61)59-21-13-16-43(55-59)49(62)65-10)28-40(45)42(30-52(7,8)32-66-34(3)60)47(58)41-29-39(31-53-46(41)33(2)64-9)57-24-22-56(23-25-57)38-18-19-38/h12,14-15,17,20,26,28,31,33,38-39,43-44,55H,11,13,16,18-19,21-25,27,29-30,32H2,1-10H3,(H,54,63)/t33-,39?,43-,44-/m0/s1. The highest BCUT2D eigenvalue weighted by Gasteiger charge is 2.37. The molecule has 7 rings (SSSR count). The number of aryl methyl sites for hydroxylation is 1. The molecule has 3 aliphatic heterocycles. The number of hydrazine groups is 1. The van der Waals surface area contributed by atoms with Crippen LogP contribution in [0.5, 0.6) is 0 Å². The number of aliphatic imine (C=N–C) groups is 1. The van der Waals surface area contributed by atoms with Crippen LogP contribution in [0, 0.1) is 5.41 Å². The van der Waals surface area contributed by atoms with Gasteiger partial charge in [-0.25, -0.2) is 10.2 Å². The Labute approximate surface area is 396 Å². The molecule has 4 aliphatic rings. The van der Waals surface area contributed by atoms with E-state index in [9.17, 15) is 19.2 Å². The fraction of sp³-hybridized carbons (Fsp3) is 0.596. The summed E-state index contributed by atoms with van der Waals surface area (Å²) in [6, 6.07) is 13.9. The average Bonchev–Trinajstić information content (AvgIpc) is 4.12. The molecule has 67 heavy (non-hydrogen) atoms. The topological polar surface area (TPSA) is 156 Å². The third-order valence-electron chi connectivity index (χ3n) is 13.4. The molecule has 1 saturated carbocycles. The second-order valence-electron chi connectivity index (χ2n) is 20.5. The van der Waals surface area contributed by atoms with Crippen LogP contribution >= 0.6 is 0 Å². The first-order valence-electron chi connectivity index (χ1n) is 24.2. The zero-order chi connectivity index (χ0) is 48.2. The third kappa shape index (κ3) is 12.1. The van der Waals surface area contributed by atoms with Crippen molar-refractivity contribution in [3.63, 3.8) is 0 Å². The minimum atomic E-state index is -0.996. The zero-order valence-electron chi connectivity index (χ0n) is 41.4. The van der Waals surface area contributed by atoms with Gasteiger partial charge >= 0.3 is 18.0 Å². The number of carbonyl (C=O) groups is 4. The van der Waals surface area contributed by atoms with E-state index in [1.165, 1.54) is 43.0 Å². The number of esters is 2. The van der Waals surface area contributed by atoms with Gasteiger partial charge in [-0.1, -0.05) is 44.2 Å². The summed E-state index contributed by atoms with van der Waals surface area (Å²) in [5.74, 6) is -1.14. The van der Waals surface area contributed by atoms with Gasteiger partial charge in [-0.05, 0) is 108 Å². The van der Waals surface area contributed by atoms with E-state index in [1.54, 1.807) is 27.9 Å². The van der Waals surface area contributed by atoms with E-state index in [2.05, 4.69) is 89.4 Å². The van der Waals surface area contributed by atoms with E-state index in [0.717, 1.165) is 84.2 Å². The van der Waals surface area contributed by atoms with Crippen LogP contribution in [-0.2, 0) is 52.7 Å². The van der Waals surface area contributed by atoms with Crippen LogP contribution in [0.2, 0.25) is 0 Å². The smallest absolute Gasteiger partial charge is 0.408 e. The molecule has 0 bridgehead atoms. The van der Waals surface area contributed by atoms with Crippen LogP contribution in [0.25, 0.3) is 27.6 Å². The molecule has 0 radical (unpaired) electrons. The summed E-state index contributed by atoms with van der Waals surface area (Å²) in [5, 5.41) is 5.35. The van der Waals surface area contributed by atoms with Crippen molar-refractivity contribution >= 4 is 46.6 Å². The highest BCUT2D eigenvalue weighted by Crippen LogP contribution is 2.42. The van der Waals surface area contributed by atoms with Gasteiger partial charge in [0, 0.05) is 99.9 Å². The molecule has 2 amide bonds. The summed E-state index contributed by atoms with van der Waals surface area (Å²) in [5.41, 5.74) is 10.1. The highest BCUT2D eigenvalue weighted by molar-refractivity contribution is 5.95. The van der Waals surface area contributed by atoms with E-state index in [1.807, 2.05) is 12.1 Å².